The Hall–Kier alpha value is -0.780. The molecule has 0 aliphatic heterocycles. The molecule has 0 unspecified atom stereocenters. The van der Waals surface area contributed by atoms with E-state index in [0.717, 1.165) is 12.8 Å². The van der Waals surface area contributed by atoms with Crippen molar-refractivity contribution in [3.8, 4) is 0 Å². The number of benzene rings is 1. The minimum absolute atomic E-state index is 0.238. The van der Waals surface area contributed by atoms with Crippen LogP contribution in [-0.2, 0) is 23.7 Å². The maximum atomic E-state index is 2.50. The molecule has 19 heavy (non-hydrogen) atoms. The fraction of sp³-hybridized carbons (Fsp3) is 0.684. The van der Waals surface area contributed by atoms with Crippen molar-refractivity contribution in [3.63, 3.8) is 0 Å². The molecule has 0 N–H and O–H groups in total. The maximum absolute atomic E-state index is 2.50. The SMILES string of the molecule is CCc1cc2c(cc1CC)C(C)(C)C(C)(C)C2(C)C. The summed E-state index contributed by atoms with van der Waals surface area (Å²) in [6.45, 7) is 19.1. The van der Waals surface area contributed by atoms with Crippen molar-refractivity contribution < 1.29 is 0 Å². The third-order valence-electron chi connectivity index (χ3n) is 6.57. The first kappa shape index (κ1) is 14.6. The Morgan fingerprint density at radius 3 is 1.26 bits per heavy atom. The Labute approximate surface area is 119 Å². The van der Waals surface area contributed by atoms with Gasteiger partial charge in [-0.05, 0) is 51.3 Å². The van der Waals surface area contributed by atoms with E-state index >= 15 is 0 Å². The first-order valence-corrected chi connectivity index (χ1v) is 7.78. The van der Waals surface area contributed by atoms with Crippen molar-refractivity contribution in [2.45, 2.75) is 79.1 Å². The van der Waals surface area contributed by atoms with Crippen LogP contribution in [0.3, 0.4) is 0 Å². The molecule has 1 aromatic rings. The van der Waals surface area contributed by atoms with Crippen LogP contribution in [0.15, 0.2) is 12.1 Å². The molecule has 1 aliphatic rings. The van der Waals surface area contributed by atoms with E-state index in [1.807, 2.05) is 0 Å². The highest BCUT2D eigenvalue weighted by atomic mass is 14.6. The number of hydrogen-bond acceptors (Lipinski definition) is 0. The van der Waals surface area contributed by atoms with Crippen molar-refractivity contribution in [2.75, 3.05) is 0 Å². The molecule has 0 aromatic heterocycles. The highest BCUT2D eigenvalue weighted by Gasteiger charge is 2.56. The fourth-order valence-electron chi connectivity index (χ4n) is 3.84. The van der Waals surface area contributed by atoms with Crippen molar-refractivity contribution in [2.24, 2.45) is 5.41 Å². The van der Waals surface area contributed by atoms with Gasteiger partial charge in [0.1, 0.15) is 0 Å². The minimum atomic E-state index is 0.238. The second kappa shape index (κ2) is 4.11. The van der Waals surface area contributed by atoms with Crippen LogP contribution in [0.5, 0.6) is 0 Å². The van der Waals surface area contributed by atoms with E-state index < -0.39 is 0 Å². The van der Waals surface area contributed by atoms with E-state index in [4.69, 9.17) is 0 Å². The highest BCUT2D eigenvalue weighted by Crippen LogP contribution is 2.61. The standard InChI is InChI=1S/C19H30/c1-9-13-11-15-16(12-14(13)10-2)18(5,6)19(7,8)17(15,3)4/h11-12H,9-10H2,1-8H3. The summed E-state index contributed by atoms with van der Waals surface area (Å²) in [6.07, 6.45) is 2.29. The van der Waals surface area contributed by atoms with Crippen LogP contribution >= 0.6 is 0 Å². The second-order valence-corrected chi connectivity index (χ2v) is 7.75. The molecule has 0 atom stereocenters. The third kappa shape index (κ3) is 1.65. The average molecular weight is 258 g/mol. The maximum Gasteiger partial charge on any atom is -0.00411 e. The lowest BCUT2D eigenvalue weighted by Gasteiger charge is -2.44. The summed E-state index contributed by atoms with van der Waals surface area (Å²) >= 11 is 0. The van der Waals surface area contributed by atoms with Crippen LogP contribution in [0.25, 0.3) is 0 Å². The van der Waals surface area contributed by atoms with Gasteiger partial charge in [0.25, 0.3) is 0 Å². The molecule has 1 aromatic carbocycles. The molecule has 0 amide bonds. The summed E-state index contributed by atoms with van der Waals surface area (Å²) < 4.78 is 0. The zero-order valence-electron chi connectivity index (χ0n) is 14.1. The smallest absolute Gasteiger partial charge is 0.00411 e. The molecule has 0 spiro atoms. The first-order chi connectivity index (χ1) is 8.61. The van der Waals surface area contributed by atoms with Gasteiger partial charge in [0, 0.05) is 0 Å². The molecule has 0 fully saturated rings. The van der Waals surface area contributed by atoms with E-state index in [1.165, 1.54) is 0 Å². The molecule has 2 rings (SSSR count). The van der Waals surface area contributed by atoms with Gasteiger partial charge >= 0.3 is 0 Å². The Morgan fingerprint density at radius 1 is 0.684 bits per heavy atom. The predicted octanol–water partition coefficient (Wildman–Crippen LogP) is 5.41. The summed E-state index contributed by atoms with van der Waals surface area (Å²) in [5, 5.41) is 0. The number of rotatable bonds is 2. The largest absolute Gasteiger partial charge is 0.0613 e. The normalized spacial score (nSPS) is 22.3. The molecule has 0 nitrogen and oxygen atoms in total. The van der Waals surface area contributed by atoms with E-state index in [9.17, 15) is 0 Å². The summed E-state index contributed by atoms with van der Waals surface area (Å²) in [5.74, 6) is 0. The van der Waals surface area contributed by atoms with Crippen molar-refractivity contribution in [1.82, 2.24) is 0 Å². The molecule has 0 heteroatoms. The van der Waals surface area contributed by atoms with Gasteiger partial charge in [0.05, 0.1) is 0 Å². The topological polar surface area (TPSA) is 0 Å². The van der Waals surface area contributed by atoms with Gasteiger partial charge in [-0.1, -0.05) is 67.5 Å². The third-order valence-corrected chi connectivity index (χ3v) is 6.57. The number of hydrogen-bond donors (Lipinski definition) is 0. The quantitative estimate of drug-likeness (QED) is 0.665. The van der Waals surface area contributed by atoms with E-state index in [2.05, 4.69) is 67.5 Å². The molecule has 1 aliphatic carbocycles. The second-order valence-electron chi connectivity index (χ2n) is 7.75. The molecule has 0 radical (unpaired) electrons. The lowest BCUT2D eigenvalue weighted by Crippen LogP contribution is -2.42. The Bertz CT molecular complexity index is 456. The minimum Gasteiger partial charge on any atom is -0.0613 e. The number of fused-ring (bicyclic) bond motifs is 1. The lowest BCUT2D eigenvalue weighted by molar-refractivity contribution is 0.125. The van der Waals surface area contributed by atoms with Crippen LogP contribution in [0.2, 0.25) is 0 Å². The van der Waals surface area contributed by atoms with Gasteiger partial charge in [-0.3, -0.25) is 0 Å². The van der Waals surface area contributed by atoms with Crippen LogP contribution in [0.4, 0.5) is 0 Å². The van der Waals surface area contributed by atoms with Gasteiger partial charge in [0.15, 0.2) is 0 Å². The van der Waals surface area contributed by atoms with E-state index in [1.54, 1.807) is 22.3 Å². The Balaban J connectivity index is 2.78. The molecule has 106 valence electrons. The van der Waals surface area contributed by atoms with Crippen molar-refractivity contribution in [1.29, 1.82) is 0 Å². The summed E-state index contributed by atoms with van der Waals surface area (Å²) in [5.41, 5.74) is 7.00. The van der Waals surface area contributed by atoms with E-state index in [0.29, 0.717) is 0 Å². The predicted molar refractivity (Wildman–Crippen MR) is 85.0 cm³/mol. The molecule has 0 heterocycles. The molecular weight excluding hydrogens is 228 g/mol. The van der Waals surface area contributed by atoms with Crippen LogP contribution in [0, 0.1) is 5.41 Å². The zero-order valence-corrected chi connectivity index (χ0v) is 14.1. The van der Waals surface area contributed by atoms with Gasteiger partial charge < -0.3 is 0 Å². The average Bonchev–Trinajstić information content (AvgIpc) is 2.44. The molecule has 0 saturated carbocycles. The zero-order chi connectivity index (χ0) is 14.6. The van der Waals surface area contributed by atoms with Crippen LogP contribution < -0.4 is 0 Å². The monoisotopic (exact) mass is 258 g/mol. The van der Waals surface area contributed by atoms with Gasteiger partial charge in [-0.25, -0.2) is 0 Å². The van der Waals surface area contributed by atoms with Gasteiger partial charge in [-0.15, -0.1) is 0 Å². The highest BCUT2D eigenvalue weighted by molar-refractivity contribution is 5.52. The van der Waals surface area contributed by atoms with Crippen molar-refractivity contribution in [3.05, 3.63) is 34.4 Å². The fourth-order valence-corrected chi connectivity index (χ4v) is 3.84. The molecule has 0 saturated heterocycles. The van der Waals surface area contributed by atoms with Crippen LogP contribution in [-0.4, -0.2) is 0 Å². The van der Waals surface area contributed by atoms with Gasteiger partial charge in [-0.2, -0.15) is 0 Å². The number of aryl methyl sites for hydroxylation is 2. The van der Waals surface area contributed by atoms with Gasteiger partial charge in [0.2, 0.25) is 0 Å². The summed E-state index contributed by atoms with van der Waals surface area (Å²) in [7, 11) is 0. The summed E-state index contributed by atoms with van der Waals surface area (Å²) in [4.78, 5) is 0. The van der Waals surface area contributed by atoms with Crippen molar-refractivity contribution >= 4 is 0 Å². The lowest BCUT2D eigenvalue weighted by atomic mass is 9.59. The van der Waals surface area contributed by atoms with E-state index in [-0.39, 0.29) is 16.2 Å². The van der Waals surface area contributed by atoms with Crippen LogP contribution in [0.1, 0.15) is 77.6 Å². The first-order valence-electron chi connectivity index (χ1n) is 7.78. The Morgan fingerprint density at radius 2 is 1.00 bits per heavy atom. The Kier molecular flexibility index (Phi) is 3.16. The molecule has 0 bridgehead atoms. The molecular formula is C19H30. The summed E-state index contributed by atoms with van der Waals surface area (Å²) in [6, 6.07) is 5.01.